The Balaban J connectivity index is 1.82. The molecule has 0 aliphatic carbocycles. The normalized spacial score (nSPS) is 11.1. The average Bonchev–Trinajstić information content (AvgIpc) is 2.91. The van der Waals surface area contributed by atoms with Crippen molar-refractivity contribution in [3.63, 3.8) is 0 Å². The molecule has 4 nitrogen and oxygen atoms in total. The molecular weight excluding hydrogens is 402 g/mol. The zero-order valence-electron chi connectivity index (χ0n) is 15.9. The second kappa shape index (κ2) is 7.92. The fourth-order valence-corrected chi connectivity index (χ4v) is 3.45. The number of rotatable bonds is 4. The molecule has 0 fully saturated rings. The maximum atomic E-state index is 12.3. The van der Waals surface area contributed by atoms with E-state index in [0.717, 1.165) is 32.7 Å². The standard InChI is InChI=1S/C22H22BrN3O/c1-14-7-5-6-8-20(14)22(27)25-24-13-18-11-16(3)26(17(18)4)19-10-9-15(2)21(23)12-19/h5-13H,1-4H3,(H,25,27)/b24-13+. The highest BCUT2D eigenvalue weighted by Crippen LogP contribution is 2.24. The molecule has 3 aromatic rings. The molecule has 3 rings (SSSR count). The molecule has 1 heterocycles. The Labute approximate surface area is 168 Å². The first kappa shape index (κ1) is 19.1. The van der Waals surface area contributed by atoms with Gasteiger partial charge in [0.15, 0.2) is 0 Å². The third-order valence-electron chi connectivity index (χ3n) is 4.64. The smallest absolute Gasteiger partial charge is 0.271 e. The minimum atomic E-state index is -0.208. The van der Waals surface area contributed by atoms with E-state index in [0.29, 0.717) is 5.56 Å². The van der Waals surface area contributed by atoms with Gasteiger partial charge in [-0.25, -0.2) is 5.43 Å². The summed E-state index contributed by atoms with van der Waals surface area (Å²) in [5.41, 5.74) is 9.59. The van der Waals surface area contributed by atoms with Crippen molar-refractivity contribution in [1.29, 1.82) is 0 Å². The highest BCUT2D eigenvalue weighted by atomic mass is 79.9. The molecule has 1 N–H and O–H groups in total. The van der Waals surface area contributed by atoms with Gasteiger partial charge in [-0.1, -0.05) is 40.2 Å². The number of halogens is 1. The first-order valence-electron chi connectivity index (χ1n) is 8.73. The van der Waals surface area contributed by atoms with Crippen molar-refractivity contribution in [2.24, 2.45) is 5.10 Å². The summed E-state index contributed by atoms with van der Waals surface area (Å²) in [6, 6.07) is 15.8. The highest BCUT2D eigenvalue weighted by molar-refractivity contribution is 9.10. The van der Waals surface area contributed by atoms with Gasteiger partial charge in [0.05, 0.1) is 6.21 Å². The predicted molar refractivity (Wildman–Crippen MR) is 114 cm³/mol. The second-order valence-corrected chi connectivity index (χ2v) is 7.46. The van der Waals surface area contributed by atoms with E-state index in [1.807, 2.05) is 32.0 Å². The van der Waals surface area contributed by atoms with Gasteiger partial charge in [-0.3, -0.25) is 4.79 Å². The maximum absolute atomic E-state index is 12.3. The first-order chi connectivity index (χ1) is 12.9. The van der Waals surface area contributed by atoms with Crippen LogP contribution in [0.2, 0.25) is 0 Å². The summed E-state index contributed by atoms with van der Waals surface area (Å²) < 4.78 is 3.25. The van der Waals surface area contributed by atoms with E-state index in [1.54, 1.807) is 12.3 Å². The van der Waals surface area contributed by atoms with Crippen LogP contribution in [0.15, 0.2) is 58.1 Å². The Morgan fingerprint density at radius 3 is 2.48 bits per heavy atom. The van der Waals surface area contributed by atoms with Gasteiger partial charge in [-0.05, 0) is 63.1 Å². The molecule has 0 unspecified atom stereocenters. The largest absolute Gasteiger partial charge is 0.318 e. The van der Waals surface area contributed by atoms with Gasteiger partial charge in [-0.15, -0.1) is 0 Å². The van der Waals surface area contributed by atoms with E-state index in [9.17, 15) is 4.79 Å². The molecular formula is C22H22BrN3O. The quantitative estimate of drug-likeness (QED) is 0.452. The Morgan fingerprint density at radius 2 is 1.78 bits per heavy atom. The van der Waals surface area contributed by atoms with Crippen molar-refractivity contribution >= 4 is 28.1 Å². The van der Waals surface area contributed by atoms with Crippen LogP contribution in [0.4, 0.5) is 0 Å². The van der Waals surface area contributed by atoms with Crippen molar-refractivity contribution in [2.75, 3.05) is 0 Å². The molecule has 5 heteroatoms. The van der Waals surface area contributed by atoms with E-state index >= 15 is 0 Å². The lowest BCUT2D eigenvalue weighted by atomic mass is 10.1. The van der Waals surface area contributed by atoms with E-state index in [4.69, 9.17) is 0 Å². The van der Waals surface area contributed by atoms with Crippen molar-refractivity contribution < 1.29 is 4.79 Å². The molecule has 0 saturated carbocycles. The van der Waals surface area contributed by atoms with Crippen molar-refractivity contribution in [3.8, 4) is 5.69 Å². The zero-order chi connectivity index (χ0) is 19.6. The molecule has 27 heavy (non-hydrogen) atoms. The lowest BCUT2D eigenvalue weighted by Crippen LogP contribution is -2.18. The number of aromatic nitrogens is 1. The van der Waals surface area contributed by atoms with Gasteiger partial charge in [0.2, 0.25) is 0 Å². The van der Waals surface area contributed by atoms with Crippen LogP contribution >= 0.6 is 15.9 Å². The summed E-state index contributed by atoms with van der Waals surface area (Å²) in [6.07, 6.45) is 1.69. The Bertz CT molecular complexity index is 1030. The number of nitrogens with zero attached hydrogens (tertiary/aromatic N) is 2. The fraction of sp³-hybridized carbons (Fsp3) is 0.182. The lowest BCUT2D eigenvalue weighted by molar-refractivity contribution is 0.0954. The monoisotopic (exact) mass is 423 g/mol. The van der Waals surface area contributed by atoms with E-state index < -0.39 is 0 Å². The molecule has 0 aliphatic rings. The Kier molecular flexibility index (Phi) is 5.61. The van der Waals surface area contributed by atoms with Crippen LogP contribution in [-0.2, 0) is 0 Å². The Morgan fingerprint density at radius 1 is 1.04 bits per heavy atom. The minimum absolute atomic E-state index is 0.208. The summed E-state index contributed by atoms with van der Waals surface area (Å²) >= 11 is 3.60. The molecule has 138 valence electrons. The molecule has 0 aliphatic heterocycles. The lowest BCUT2D eigenvalue weighted by Gasteiger charge is -2.11. The summed E-state index contributed by atoms with van der Waals surface area (Å²) in [5, 5.41) is 4.15. The molecule has 1 aromatic heterocycles. The second-order valence-electron chi connectivity index (χ2n) is 6.61. The molecule has 1 amide bonds. The summed E-state index contributed by atoms with van der Waals surface area (Å²) in [6.45, 7) is 8.08. The van der Waals surface area contributed by atoms with Crippen molar-refractivity contribution in [2.45, 2.75) is 27.7 Å². The van der Waals surface area contributed by atoms with Crippen LogP contribution in [0.3, 0.4) is 0 Å². The zero-order valence-corrected chi connectivity index (χ0v) is 17.5. The number of hydrazone groups is 1. The molecule has 0 radical (unpaired) electrons. The van der Waals surface area contributed by atoms with E-state index in [2.05, 4.69) is 69.1 Å². The van der Waals surface area contributed by atoms with E-state index in [-0.39, 0.29) is 5.91 Å². The topological polar surface area (TPSA) is 46.4 Å². The van der Waals surface area contributed by atoms with Crippen LogP contribution in [0.25, 0.3) is 5.69 Å². The van der Waals surface area contributed by atoms with Gasteiger partial charge in [-0.2, -0.15) is 5.10 Å². The molecule has 0 spiro atoms. The molecule has 0 bridgehead atoms. The van der Waals surface area contributed by atoms with Gasteiger partial charge in [0, 0.05) is 32.7 Å². The van der Waals surface area contributed by atoms with Gasteiger partial charge in [0.1, 0.15) is 0 Å². The van der Waals surface area contributed by atoms with Crippen molar-refractivity contribution in [1.82, 2.24) is 9.99 Å². The van der Waals surface area contributed by atoms with Gasteiger partial charge < -0.3 is 4.57 Å². The van der Waals surface area contributed by atoms with Gasteiger partial charge >= 0.3 is 0 Å². The maximum Gasteiger partial charge on any atom is 0.271 e. The number of hydrogen-bond donors (Lipinski definition) is 1. The van der Waals surface area contributed by atoms with Crippen LogP contribution in [-0.4, -0.2) is 16.7 Å². The fourth-order valence-electron chi connectivity index (χ4n) is 3.08. The number of nitrogens with one attached hydrogen (secondary N) is 1. The third kappa shape index (κ3) is 4.03. The SMILES string of the molecule is Cc1ccc(-n2c(C)cc(/C=N/NC(=O)c3ccccc3C)c2C)cc1Br. The summed E-state index contributed by atoms with van der Waals surface area (Å²) in [4.78, 5) is 12.3. The molecule has 0 saturated heterocycles. The van der Waals surface area contributed by atoms with E-state index in [1.165, 1.54) is 5.56 Å². The third-order valence-corrected chi connectivity index (χ3v) is 5.50. The molecule has 0 atom stereocenters. The average molecular weight is 424 g/mol. The van der Waals surface area contributed by atoms with Crippen LogP contribution in [0.1, 0.15) is 38.4 Å². The molecule has 2 aromatic carbocycles. The predicted octanol–water partition coefficient (Wildman–Crippen LogP) is 5.24. The number of amides is 1. The van der Waals surface area contributed by atoms with Crippen LogP contribution in [0, 0.1) is 27.7 Å². The van der Waals surface area contributed by atoms with Crippen LogP contribution < -0.4 is 5.43 Å². The number of hydrogen-bond acceptors (Lipinski definition) is 2. The number of benzene rings is 2. The van der Waals surface area contributed by atoms with Crippen LogP contribution in [0.5, 0.6) is 0 Å². The first-order valence-corrected chi connectivity index (χ1v) is 9.52. The number of carbonyl (C=O) groups is 1. The minimum Gasteiger partial charge on any atom is -0.318 e. The summed E-state index contributed by atoms with van der Waals surface area (Å²) in [5.74, 6) is -0.208. The highest BCUT2D eigenvalue weighted by Gasteiger charge is 2.11. The number of carbonyl (C=O) groups excluding carboxylic acids is 1. The number of aryl methyl sites for hydroxylation is 3. The summed E-state index contributed by atoms with van der Waals surface area (Å²) in [7, 11) is 0. The Hall–Kier alpha value is -2.66. The van der Waals surface area contributed by atoms with Gasteiger partial charge in [0.25, 0.3) is 5.91 Å². The van der Waals surface area contributed by atoms with Crippen molar-refractivity contribution in [3.05, 3.63) is 86.6 Å².